The van der Waals surface area contributed by atoms with Crippen LogP contribution in [0.25, 0.3) is 0 Å². The van der Waals surface area contributed by atoms with E-state index in [1.54, 1.807) is 12.3 Å². The summed E-state index contributed by atoms with van der Waals surface area (Å²) in [5.74, 6) is -0.303. The van der Waals surface area contributed by atoms with E-state index in [1.807, 2.05) is 19.9 Å². The summed E-state index contributed by atoms with van der Waals surface area (Å²) in [6, 6.07) is 6.85. The van der Waals surface area contributed by atoms with Crippen molar-refractivity contribution < 1.29 is 13.6 Å². The molecule has 1 aromatic heterocycles. The van der Waals surface area contributed by atoms with E-state index in [0.29, 0.717) is 24.9 Å². The number of amides is 1. The minimum atomic E-state index is -0.513. The van der Waals surface area contributed by atoms with E-state index in [0.717, 1.165) is 23.8 Å². The SMILES string of the molecule is CCNC(=NCc1cc(F)ccc1F)NCCC(=O)Nc1ccc(C)cn1.I. The molecule has 152 valence electrons. The quantitative estimate of drug-likeness (QED) is 0.308. The van der Waals surface area contributed by atoms with Crippen molar-refractivity contribution in [1.29, 1.82) is 0 Å². The second-order valence-corrected chi connectivity index (χ2v) is 5.88. The van der Waals surface area contributed by atoms with Gasteiger partial charge in [0.25, 0.3) is 0 Å². The zero-order valence-corrected chi connectivity index (χ0v) is 18.1. The Kier molecular flexibility index (Phi) is 10.4. The maximum absolute atomic E-state index is 13.7. The summed E-state index contributed by atoms with van der Waals surface area (Å²) in [6.45, 7) is 4.71. The van der Waals surface area contributed by atoms with Crippen LogP contribution >= 0.6 is 24.0 Å². The molecular formula is C19H24F2IN5O. The predicted octanol–water partition coefficient (Wildman–Crippen LogP) is 3.37. The van der Waals surface area contributed by atoms with Gasteiger partial charge in [-0.05, 0) is 43.7 Å². The van der Waals surface area contributed by atoms with Crippen LogP contribution < -0.4 is 16.0 Å². The smallest absolute Gasteiger partial charge is 0.227 e. The standard InChI is InChI=1S/C19H23F2N5O.HI/c1-3-22-19(25-12-14-10-15(20)5-6-16(14)21)23-9-8-18(27)26-17-7-4-13(2)11-24-17;/h4-7,10-11H,3,8-9,12H2,1-2H3,(H2,22,23,25)(H,24,26,27);1H. The number of guanidine groups is 1. The maximum Gasteiger partial charge on any atom is 0.227 e. The van der Waals surface area contributed by atoms with Gasteiger partial charge in [-0.25, -0.2) is 18.8 Å². The highest BCUT2D eigenvalue weighted by atomic mass is 127. The zero-order valence-electron chi connectivity index (χ0n) is 15.8. The van der Waals surface area contributed by atoms with E-state index in [1.165, 1.54) is 0 Å². The van der Waals surface area contributed by atoms with Gasteiger partial charge in [0.05, 0.1) is 6.54 Å². The molecule has 0 atom stereocenters. The van der Waals surface area contributed by atoms with Crippen LogP contribution in [0.15, 0.2) is 41.5 Å². The van der Waals surface area contributed by atoms with Gasteiger partial charge < -0.3 is 16.0 Å². The molecule has 0 bridgehead atoms. The van der Waals surface area contributed by atoms with Gasteiger partial charge in [-0.1, -0.05) is 6.07 Å². The van der Waals surface area contributed by atoms with Crippen LogP contribution in [0.3, 0.4) is 0 Å². The number of halogens is 3. The van der Waals surface area contributed by atoms with Gasteiger partial charge in [-0.3, -0.25) is 4.79 Å². The topological polar surface area (TPSA) is 78.4 Å². The largest absolute Gasteiger partial charge is 0.357 e. The highest BCUT2D eigenvalue weighted by Crippen LogP contribution is 2.10. The van der Waals surface area contributed by atoms with Crippen molar-refractivity contribution in [2.75, 3.05) is 18.4 Å². The lowest BCUT2D eigenvalue weighted by Gasteiger charge is -2.11. The lowest BCUT2D eigenvalue weighted by molar-refractivity contribution is -0.116. The van der Waals surface area contributed by atoms with Gasteiger partial charge in [0.15, 0.2) is 5.96 Å². The summed E-state index contributed by atoms with van der Waals surface area (Å²) in [5, 5.41) is 8.69. The molecule has 0 spiro atoms. The number of aryl methyl sites for hydroxylation is 1. The molecule has 28 heavy (non-hydrogen) atoms. The first kappa shape index (κ1) is 23.7. The average molecular weight is 503 g/mol. The van der Waals surface area contributed by atoms with E-state index in [-0.39, 0.29) is 48.4 Å². The molecule has 0 aliphatic rings. The average Bonchev–Trinajstić information content (AvgIpc) is 2.64. The van der Waals surface area contributed by atoms with Crippen LogP contribution in [-0.4, -0.2) is 29.9 Å². The van der Waals surface area contributed by atoms with Gasteiger partial charge in [0.1, 0.15) is 17.5 Å². The number of hydrogen-bond donors (Lipinski definition) is 3. The van der Waals surface area contributed by atoms with Gasteiger partial charge in [0, 0.05) is 31.3 Å². The summed E-state index contributed by atoms with van der Waals surface area (Å²) in [7, 11) is 0. The molecule has 0 unspecified atom stereocenters. The number of rotatable bonds is 7. The van der Waals surface area contributed by atoms with Crippen LogP contribution in [0.1, 0.15) is 24.5 Å². The van der Waals surface area contributed by atoms with Crippen molar-refractivity contribution in [2.24, 2.45) is 4.99 Å². The fourth-order valence-corrected chi connectivity index (χ4v) is 2.21. The van der Waals surface area contributed by atoms with E-state index in [4.69, 9.17) is 0 Å². The van der Waals surface area contributed by atoms with Crippen LogP contribution in [0.4, 0.5) is 14.6 Å². The third-order valence-corrected chi connectivity index (χ3v) is 3.58. The summed E-state index contributed by atoms with van der Waals surface area (Å²) in [4.78, 5) is 20.3. The Morgan fingerprint density at radius 2 is 1.96 bits per heavy atom. The fourth-order valence-electron chi connectivity index (χ4n) is 2.21. The molecule has 0 saturated heterocycles. The molecule has 0 fully saturated rings. The van der Waals surface area contributed by atoms with E-state index in [9.17, 15) is 13.6 Å². The van der Waals surface area contributed by atoms with Crippen molar-refractivity contribution in [3.8, 4) is 0 Å². The molecule has 1 heterocycles. The highest BCUT2D eigenvalue weighted by molar-refractivity contribution is 14.0. The monoisotopic (exact) mass is 503 g/mol. The molecule has 0 radical (unpaired) electrons. The number of aliphatic imine (C=N–C) groups is 1. The van der Waals surface area contributed by atoms with Crippen molar-refractivity contribution in [2.45, 2.75) is 26.8 Å². The Balaban J connectivity index is 0.00000392. The zero-order chi connectivity index (χ0) is 19.6. The third kappa shape index (κ3) is 8.15. The first-order valence-corrected chi connectivity index (χ1v) is 8.66. The molecule has 3 N–H and O–H groups in total. The Hall–Kier alpha value is -2.30. The minimum Gasteiger partial charge on any atom is -0.357 e. The molecular weight excluding hydrogens is 479 g/mol. The number of nitrogens with zero attached hydrogens (tertiary/aromatic N) is 2. The summed E-state index contributed by atoms with van der Waals surface area (Å²) >= 11 is 0. The summed E-state index contributed by atoms with van der Waals surface area (Å²) in [5.41, 5.74) is 1.17. The van der Waals surface area contributed by atoms with Crippen molar-refractivity contribution in [3.63, 3.8) is 0 Å². The molecule has 0 saturated carbocycles. The van der Waals surface area contributed by atoms with Crippen molar-refractivity contribution in [3.05, 3.63) is 59.3 Å². The lowest BCUT2D eigenvalue weighted by Crippen LogP contribution is -2.38. The number of benzene rings is 1. The minimum absolute atomic E-state index is 0. The Morgan fingerprint density at radius 1 is 1.18 bits per heavy atom. The van der Waals surface area contributed by atoms with Gasteiger partial charge in [-0.2, -0.15) is 0 Å². The number of pyridine rings is 1. The number of hydrogen-bond acceptors (Lipinski definition) is 3. The van der Waals surface area contributed by atoms with E-state index < -0.39 is 11.6 Å². The molecule has 1 aromatic carbocycles. The van der Waals surface area contributed by atoms with E-state index in [2.05, 4.69) is 25.9 Å². The van der Waals surface area contributed by atoms with E-state index >= 15 is 0 Å². The fraction of sp³-hybridized carbons (Fsp3) is 0.316. The number of carbonyl (C=O) groups is 1. The summed E-state index contributed by atoms with van der Waals surface area (Å²) < 4.78 is 26.9. The van der Waals surface area contributed by atoms with Gasteiger partial charge in [-0.15, -0.1) is 24.0 Å². The molecule has 9 heteroatoms. The molecule has 2 rings (SSSR count). The Bertz CT molecular complexity index is 799. The highest BCUT2D eigenvalue weighted by Gasteiger charge is 2.06. The van der Waals surface area contributed by atoms with Gasteiger partial charge in [0.2, 0.25) is 5.91 Å². The van der Waals surface area contributed by atoms with Crippen LogP contribution in [0, 0.1) is 18.6 Å². The first-order chi connectivity index (χ1) is 13.0. The van der Waals surface area contributed by atoms with Crippen LogP contribution in [0.5, 0.6) is 0 Å². The number of nitrogens with one attached hydrogen (secondary N) is 3. The van der Waals surface area contributed by atoms with Crippen molar-refractivity contribution >= 4 is 41.7 Å². The Morgan fingerprint density at radius 3 is 2.64 bits per heavy atom. The molecule has 6 nitrogen and oxygen atoms in total. The van der Waals surface area contributed by atoms with Crippen molar-refractivity contribution in [1.82, 2.24) is 15.6 Å². The second-order valence-electron chi connectivity index (χ2n) is 5.88. The first-order valence-electron chi connectivity index (χ1n) is 8.66. The molecule has 0 aliphatic heterocycles. The Labute approximate surface area is 180 Å². The summed E-state index contributed by atoms with van der Waals surface area (Å²) in [6.07, 6.45) is 1.88. The maximum atomic E-state index is 13.7. The second kappa shape index (κ2) is 12.2. The predicted molar refractivity (Wildman–Crippen MR) is 117 cm³/mol. The molecule has 2 aromatic rings. The molecule has 0 aliphatic carbocycles. The van der Waals surface area contributed by atoms with Crippen LogP contribution in [0.2, 0.25) is 0 Å². The molecule has 1 amide bonds. The van der Waals surface area contributed by atoms with Gasteiger partial charge >= 0.3 is 0 Å². The third-order valence-electron chi connectivity index (χ3n) is 3.58. The van der Waals surface area contributed by atoms with Crippen LogP contribution in [-0.2, 0) is 11.3 Å². The lowest BCUT2D eigenvalue weighted by atomic mass is 10.2. The normalized spacial score (nSPS) is 10.8. The number of aromatic nitrogens is 1. The number of anilines is 1. The number of carbonyl (C=O) groups excluding carboxylic acids is 1.